The van der Waals surface area contributed by atoms with Gasteiger partial charge in [-0.25, -0.2) is 0 Å². The number of hydrogen-bond donors (Lipinski definition) is 2. The van der Waals surface area contributed by atoms with Crippen molar-refractivity contribution in [1.29, 1.82) is 5.41 Å². The Kier molecular flexibility index (Phi) is 9.24. The molecule has 0 aromatic heterocycles. The molecule has 29 heavy (non-hydrogen) atoms. The molecule has 158 valence electrons. The van der Waals surface area contributed by atoms with E-state index in [9.17, 15) is 0 Å². The first kappa shape index (κ1) is 23.0. The second-order valence-electron chi connectivity index (χ2n) is 8.10. The van der Waals surface area contributed by atoms with Gasteiger partial charge < -0.3 is 10.2 Å². The molecule has 2 unspecified atom stereocenters. The minimum absolute atomic E-state index is 0.465. The molecule has 0 radical (unpaired) electrons. The van der Waals surface area contributed by atoms with Gasteiger partial charge in [-0.3, -0.25) is 5.41 Å². The Balaban J connectivity index is 2.35. The zero-order chi connectivity index (χ0) is 21.2. The van der Waals surface area contributed by atoms with Gasteiger partial charge in [-0.2, -0.15) is 0 Å². The second-order valence-corrected chi connectivity index (χ2v) is 8.10. The van der Waals surface area contributed by atoms with Crippen molar-refractivity contribution in [3.05, 3.63) is 59.7 Å². The molecule has 0 heterocycles. The number of rotatable bonds is 10. The minimum atomic E-state index is 0.465. The Labute approximate surface area is 178 Å². The first-order valence-electron chi connectivity index (χ1n) is 11.3. The van der Waals surface area contributed by atoms with E-state index >= 15 is 0 Å². The van der Waals surface area contributed by atoms with Gasteiger partial charge in [0.1, 0.15) is 0 Å². The summed E-state index contributed by atoms with van der Waals surface area (Å²) in [6, 6.07) is 17.0. The SMILES string of the molecule is CCCCCN(C(=N)Nc1ccccc1C(C)CC)c1ccccc1C(C)CC. The summed E-state index contributed by atoms with van der Waals surface area (Å²) in [5, 5.41) is 12.4. The van der Waals surface area contributed by atoms with E-state index in [2.05, 4.69) is 93.4 Å². The molecule has 2 rings (SSSR count). The molecule has 0 saturated heterocycles. The van der Waals surface area contributed by atoms with Gasteiger partial charge in [0.15, 0.2) is 5.96 Å². The van der Waals surface area contributed by atoms with Crippen LogP contribution in [0.1, 0.15) is 89.7 Å². The van der Waals surface area contributed by atoms with Gasteiger partial charge in [0.05, 0.1) is 0 Å². The number of nitrogens with zero attached hydrogens (tertiary/aromatic N) is 1. The summed E-state index contributed by atoms with van der Waals surface area (Å²) >= 11 is 0. The molecule has 2 aromatic rings. The fraction of sp³-hybridized carbons (Fsp3) is 0.500. The first-order valence-corrected chi connectivity index (χ1v) is 11.3. The lowest BCUT2D eigenvalue weighted by molar-refractivity contribution is 0.706. The van der Waals surface area contributed by atoms with Crippen LogP contribution in [0, 0.1) is 5.41 Å². The average molecular weight is 394 g/mol. The quantitative estimate of drug-likeness (QED) is 0.246. The van der Waals surface area contributed by atoms with Crippen LogP contribution in [-0.2, 0) is 0 Å². The zero-order valence-electron chi connectivity index (χ0n) is 19.0. The Hall–Kier alpha value is -2.29. The molecular formula is C26H39N3. The maximum Gasteiger partial charge on any atom is 0.200 e. The summed E-state index contributed by atoms with van der Waals surface area (Å²) in [7, 11) is 0. The molecule has 0 saturated carbocycles. The third-order valence-electron chi connectivity index (χ3n) is 5.98. The zero-order valence-corrected chi connectivity index (χ0v) is 19.0. The van der Waals surface area contributed by atoms with Crippen LogP contribution >= 0.6 is 0 Å². The highest BCUT2D eigenvalue weighted by Crippen LogP contribution is 2.31. The summed E-state index contributed by atoms with van der Waals surface area (Å²) in [6.45, 7) is 12.1. The molecule has 0 amide bonds. The Morgan fingerprint density at radius 1 is 0.862 bits per heavy atom. The van der Waals surface area contributed by atoms with Crippen molar-refractivity contribution >= 4 is 17.3 Å². The topological polar surface area (TPSA) is 39.1 Å². The Bertz CT molecular complexity index is 768. The normalized spacial score (nSPS) is 13.0. The summed E-state index contributed by atoms with van der Waals surface area (Å²) < 4.78 is 0. The molecular weight excluding hydrogens is 354 g/mol. The number of para-hydroxylation sites is 2. The number of hydrogen-bond acceptors (Lipinski definition) is 1. The number of anilines is 2. The third kappa shape index (κ3) is 6.09. The molecule has 2 aromatic carbocycles. The van der Waals surface area contributed by atoms with Gasteiger partial charge in [0, 0.05) is 17.9 Å². The van der Waals surface area contributed by atoms with E-state index in [0.29, 0.717) is 17.8 Å². The smallest absolute Gasteiger partial charge is 0.200 e. The summed E-state index contributed by atoms with van der Waals surface area (Å²) in [4.78, 5) is 2.17. The summed E-state index contributed by atoms with van der Waals surface area (Å²) in [6.07, 6.45) is 5.63. The number of nitrogens with one attached hydrogen (secondary N) is 2. The highest BCUT2D eigenvalue weighted by molar-refractivity contribution is 6.04. The molecule has 2 N–H and O–H groups in total. The van der Waals surface area contributed by atoms with Crippen LogP contribution in [0.2, 0.25) is 0 Å². The molecule has 3 heteroatoms. The van der Waals surface area contributed by atoms with Crippen molar-refractivity contribution in [3.63, 3.8) is 0 Å². The van der Waals surface area contributed by atoms with E-state index < -0.39 is 0 Å². The maximum atomic E-state index is 8.96. The van der Waals surface area contributed by atoms with Crippen LogP contribution in [0.15, 0.2) is 48.5 Å². The van der Waals surface area contributed by atoms with Crippen molar-refractivity contribution in [3.8, 4) is 0 Å². The summed E-state index contributed by atoms with van der Waals surface area (Å²) in [5.74, 6) is 1.40. The first-order chi connectivity index (χ1) is 14.0. The molecule has 0 aliphatic rings. The monoisotopic (exact) mass is 393 g/mol. The van der Waals surface area contributed by atoms with E-state index in [1.165, 1.54) is 24.0 Å². The lowest BCUT2D eigenvalue weighted by Gasteiger charge is -2.30. The van der Waals surface area contributed by atoms with Crippen molar-refractivity contribution in [2.24, 2.45) is 0 Å². The highest BCUT2D eigenvalue weighted by Gasteiger charge is 2.19. The lowest BCUT2D eigenvalue weighted by Crippen LogP contribution is -2.37. The van der Waals surface area contributed by atoms with Gasteiger partial charge in [-0.15, -0.1) is 0 Å². The number of guanidine groups is 1. The molecule has 0 bridgehead atoms. The molecule has 0 spiro atoms. The maximum absolute atomic E-state index is 8.96. The van der Waals surface area contributed by atoms with Gasteiger partial charge in [0.25, 0.3) is 0 Å². The average Bonchev–Trinajstić information content (AvgIpc) is 2.76. The van der Waals surface area contributed by atoms with Gasteiger partial charge >= 0.3 is 0 Å². The van der Waals surface area contributed by atoms with E-state index in [1.807, 2.05) is 0 Å². The molecule has 0 aliphatic heterocycles. The van der Waals surface area contributed by atoms with Crippen molar-refractivity contribution < 1.29 is 0 Å². The third-order valence-corrected chi connectivity index (χ3v) is 5.98. The van der Waals surface area contributed by atoms with Gasteiger partial charge in [-0.05, 0) is 54.4 Å². The van der Waals surface area contributed by atoms with Crippen LogP contribution in [0.3, 0.4) is 0 Å². The van der Waals surface area contributed by atoms with Crippen LogP contribution in [-0.4, -0.2) is 12.5 Å². The molecule has 0 aliphatic carbocycles. The number of benzene rings is 2. The van der Waals surface area contributed by atoms with Crippen LogP contribution in [0.5, 0.6) is 0 Å². The lowest BCUT2D eigenvalue weighted by atomic mass is 9.96. The van der Waals surface area contributed by atoms with Crippen LogP contribution in [0.25, 0.3) is 0 Å². The predicted molar refractivity (Wildman–Crippen MR) is 129 cm³/mol. The van der Waals surface area contributed by atoms with E-state index in [4.69, 9.17) is 5.41 Å². The Morgan fingerprint density at radius 2 is 1.45 bits per heavy atom. The van der Waals surface area contributed by atoms with Crippen LogP contribution in [0.4, 0.5) is 11.4 Å². The van der Waals surface area contributed by atoms with Crippen molar-refractivity contribution in [1.82, 2.24) is 0 Å². The van der Waals surface area contributed by atoms with E-state index in [1.54, 1.807) is 0 Å². The predicted octanol–water partition coefficient (Wildman–Crippen LogP) is 7.76. The molecule has 2 atom stereocenters. The Morgan fingerprint density at radius 3 is 2.10 bits per heavy atom. The fourth-order valence-corrected chi connectivity index (χ4v) is 3.70. The summed E-state index contributed by atoms with van der Waals surface area (Å²) in [5.41, 5.74) is 4.82. The van der Waals surface area contributed by atoms with Crippen molar-refractivity contribution in [2.75, 3.05) is 16.8 Å². The van der Waals surface area contributed by atoms with Crippen molar-refractivity contribution in [2.45, 2.75) is 78.6 Å². The van der Waals surface area contributed by atoms with E-state index in [0.717, 1.165) is 37.2 Å². The molecule has 0 fully saturated rings. The largest absolute Gasteiger partial charge is 0.326 e. The fourth-order valence-electron chi connectivity index (χ4n) is 3.70. The number of unbranched alkanes of at least 4 members (excludes halogenated alkanes) is 2. The second kappa shape index (κ2) is 11.6. The van der Waals surface area contributed by atoms with Crippen LogP contribution < -0.4 is 10.2 Å². The van der Waals surface area contributed by atoms with Gasteiger partial charge in [0.2, 0.25) is 0 Å². The minimum Gasteiger partial charge on any atom is -0.326 e. The standard InChI is InChI=1S/C26H39N3/c1-6-9-14-19-29(25-18-13-11-16-23(25)21(5)8-3)26(27)28-24-17-12-10-15-22(24)20(4)7-2/h10-13,15-18,20-21H,6-9,14,19H2,1-5H3,(H2,27,28). The van der Waals surface area contributed by atoms with E-state index in [-0.39, 0.29) is 0 Å². The van der Waals surface area contributed by atoms with Gasteiger partial charge in [-0.1, -0.05) is 83.9 Å². The molecule has 3 nitrogen and oxygen atoms in total. The highest BCUT2D eigenvalue weighted by atomic mass is 15.3.